The second-order valence-electron chi connectivity index (χ2n) is 3.74. The highest BCUT2D eigenvalue weighted by atomic mass is 35.5. The van der Waals surface area contributed by atoms with E-state index in [-0.39, 0.29) is 6.10 Å². The molecule has 0 bridgehead atoms. The standard InChI is InChI=1S/C12H11Cl2NO/c1-7(2)16-10-6-15-12(14)8-4-3-5-9(13)11(8)10/h3-7H,1-2H3. The van der Waals surface area contributed by atoms with E-state index in [9.17, 15) is 0 Å². The van der Waals surface area contributed by atoms with Gasteiger partial charge in [-0.3, -0.25) is 0 Å². The molecule has 2 rings (SSSR count). The van der Waals surface area contributed by atoms with Gasteiger partial charge in [0.2, 0.25) is 0 Å². The van der Waals surface area contributed by atoms with Crippen molar-refractivity contribution in [2.45, 2.75) is 20.0 Å². The Balaban J connectivity index is 2.71. The van der Waals surface area contributed by atoms with Gasteiger partial charge >= 0.3 is 0 Å². The average Bonchev–Trinajstić information content (AvgIpc) is 2.22. The van der Waals surface area contributed by atoms with Gasteiger partial charge in [0.1, 0.15) is 10.9 Å². The minimum absolute atomic E-state index is 0.0717. The largest absolute Gasteiger partial charge is 0.489 e. The monoisotopic (exact) mass is 255 g/mol. The number of hydrogen-bond acceptors (Lipinski definition) is 2. The van der Waals surface area contributed by atoms with Crippen molar-refractivity contribution in [2.75, 3.05) is 0 Å². The third-order valence-electron chi connectivity index (χ3n) is 2.14. The zero-order valence-corrected chi connectivity index (χ0v) is 10.5. The number of pyridine rings is 1. The molecule has 0 spiro atoms. The second-order valence-corrected chi connectivity index (χ2v) is 4.51. The Morgan fingerprint density at radius 3 is 2.69 bits per heavy atom. The van der Waals surface area contributed by atoms with E-state index in [2.05, 4.69) is 4.98 Å². The van der Waals surface area contributed by atoms with Crippen LogP contribution in [-0.4, -0.2) is 11.1 Å². The highest BCUT2D eigenvalue weighted by molar-refractivity contribution is 6.39. The summed E-state index contributed by atoms with van der Waals surface area (Å²) in [6.07, 6.45) is 1.68. The lowest BCUT2D eigenvalue weighted by Gasteiger charge is -2.13. The first-order chi connectivity index (χ1) is 7.59. The molecule has 0 saturated heterocycles. The molecule has 1 aromatic carbocycles. The molecule has 0 N–H and O–H groups in total. The fraction of sp³-hybridized carbons (Fsp3) is 0.250. The Labute approximate surface area is 104 Å². The molecule has 0 amide bonds. The van der Waals surface area contributed by atoms with Crippen molar-refractivity contribution in [3.8, 4) is 5.75 Å². The van der Waals surface area contributed by atoms with Crippen LogP contribution in [0.15, 0.2) is 24.4 Å². The number of benzene rings is 1. The summed E-state index contributed by atoms with van der Waals surface area (Å²) < 4.78 is 5.66. The van der Waals surface area contributed by atoms with Crippen molar-refractivity contribution >= 4 is 34.0 Å². The molecule has 1 aromatic heterocycles. The molecular weight excluding hydrogens is 245 g/mol. The van der Waals surface area contributed by atoms with Gasteiger partial charge in [0.15, 0.2) is 0 Å². The lowest BCUT2D eigenvalue weighted by Crippen LogP contribution is -2.06. The molecule has 1 heterocycles. The van der Waals surface area contributed by atoms with Gasteiger partial charge in [0.25, 0.3) is 0 Å². The lowest BCUT2D eigenvalue weighted by atomic mass is 10.1. The molecule has 16 heavy (non-hydrogen) atoms. The molecule has 4 heteroatoms. The van der Waals surface area contributed by atoms with E-state index in [0.717, 1.165) is 10.8 Å². The fourth-order valence-corrected chi connectivity index (χ4v) is 2.01. The average molecular weight is 256 g/mol. The molecule has 0 saturated carbocycles. The van der Waals surface area contributed by atoms with Crippen LogP contribution in [0.2, 0.25) is 10.2 Å². The quantitative estimate of drug-likeness (QED) is 0.746. The molecule has 0 fully saturated rings. The number of rotatable bonds is 2. The second kappa shape index (κ2) is 4.48. The van der Waals surface area contributed by atoms with Crippen LogP contribution in [0, 0.1) is 0 Å². The number of nitrogens with zero attached hydrogens (tertiary/aromatic N) is 1. The summed E-state index contributed by atoms with van der Waals surface area (Å²) in [5.41, 5.74) is 0. The third kappa shape index (κ3) is 2.08. The van der Waals surface area contributed by atoms with Crippen LogP contribution in [0.3, 0.4) is 0 Å². The van der Waals surface area contributed by atoms with Gasteiger partial charge in [0.05, 0.1) is 17.3 Å². The first-order valence-electron chi connectivity index (χ1n) is 4.99. The van der Waals surface area contributed by atoms with Gasteiger partial charge in [-0.15, -0.1) is 0 Å². The summed E-state index contributed by atoms with van der Waals surface area (Å²) in [6.45, 7) is 3.91. The maximum Gasteiger partial charge on any atom is 0.147 e. The minimum Gasteiger partial charge on any atom is -0.489 e. The van der Waals surface area contributed by atoms with Crippen LogP contribution in [0.4, 0.5) is 0 Å². The Bertz CT molecular complexity index is 526. The van der Waals surface area contributed by atoms with E-state index < -0.39 is 0 Å². The molecule has 2 nitrogen and oxygen atoms in total. The van der Waals surface area contributed by atoms with Crippen LogP contribution in [0.25, 0.3) is 10.8 Å². The van der Waals surface area contributed by atoms with Crippen LogP contribution >= 0.6 is 23.2 Å². The van der Waals surface area contributed by atoms with E-state index >= 15 is 0 Å². The summed E-state index contributed by atoms with van der Waals surface area (Å²) in [5.74, 6) is 0.667. The number of ether oxygens (including phenoxy) is 1. The Kier molecular flexibility index (Phi) is 3.22. The highest BCUT2D eigenvalue weighted by Crippen LogP contribution is 2.35. The van der Waals surface area contributed by atoms with Gasteiger partial charge in [-0.2, -0.15) is 0 Å². The Morgan fingerprint density at radius 2 is 2.00 bits per heavy atom. The maximum absolute atomic E-state index is 6.15. The molecule has 0 unspecified atom stereocenters. The molecule has 0 atom stereocenters. The highest BCUT2D eigenvalue weighted by Gasteiger charge is 2.11. The van der Waals surface area contributed by atoms with E-state index in [1.165, 1.54) is 0 Å². The summed E-state index contributed by atoms with van der Waals surface area (Å²) >= 11 is 12.2. The Morgan fingerprint density at radius 1 is 1.25 bits per heavy atom. The van der Waals surface area contributed by atoms with Crippen molar-refractivity contribution < 1.29 is 4.74 Å². The van der Waals surface area contributed by atoms with Crippen LogP contribution in [-0.2, 0) is 0 Å². The van der Waals surface area contributed by atoms with Gasteiger partial charge in [-0.1, -0.05) is 35.3 Å². The first kappa shape index (κ1) is 11.5. The Hall–Kier alpha value is -0.990. The first-order valence-corrected chi connectivity index (χ1v) is 5.74. The molecule has 84 valence electrons. The van der Waals surface area contributed by atoms with E-state index in [0.29, 0.717) is 15.9 Å². The lowest BCUT2D eigenvalue weighted by molar-refractivity contribution is 0.244. The van der Waals surface area contributed by atoms with Gasteiger partial charge in [-0.05, 0) is 19.9 Å². The molecule has 0 aliphatic rings. The molecule has 0 aliphatic carbocycles. The SMILES string of the molecule is CC(C)Oc1cnc(Cl)c2cccc(Cl)c12. The predicted molar refractivity (Wildman–Crippen MR) is 67.5 cm³/mol. The molecule has 2 aromatic rings. The van der Waals surface area contributed by atoms with Crippen molar-refractivity contribution in [2.24, 2.45) is 0 Å². The zero-order valence-electron chi connectivity index (χ0n) is 9.00. The molecular formula is C12H11Cl2NO. The van der Waals surface area contributed by atoms with Crippen LogP contribution in [0.1, 0.15) is 13.8 Å². The van der Waals surface area contributed by atoms with Gasteiger partial charge in [0, 0.05) is 10.8 Å². The van der Waals surface area contributed by atoms with E-state index in [4.69, 9.17) is 27.9 Å². The minimum atomic E-state index is 0.0717. The van der Waals surface area contributed by atoms with Crippen molar-refractivity contribution in [3.63, 3.8) is 0 Å². The summed E-state index contributed by atoms with van der Waals surface area (Å²) in [4.78, 5) is 4.08. The number of hydrogen-bond donors (Lipinski definition) is 0. The third-order valence-corrected chi connectivity index (χ3v) is 2.76. The fourth-order valence-electron chi connectivity index (χ4n) is 1.54. The normalized spacial score (nSPS) is 11.1. The topological polar surface area (TPSA) is 22.1 Å². The predicted octanol–water partition coefficient (Wildman–Crippen LogP) is 4.33. The van der Waals surface area contributed by atoms with Crippen molar-refractivity contribution in [3.05, 3.63) is 34.6 Å². The molecule has 0 aliphatic heterocycles. The number of aromatic nitrogens is 1. The van der Waals surface area contributed by atoms with Crippen LogP contribution in [0.5, 0.6) is 5.75 Å². The molecule has 0 radical (unpaired) electrons. The number of halogens is 2. The summed E-state index contributed by atoms with van der Waals surface area (Å²) in [6, 6.07) is 5.54. The summed E-state index contributed by atoms with van der Waals surface area (Å²) in [7, 11) is 0. The van der Waals surface area contributed by atoms with Gasteiger partial charge in [-0.25, -0.2) is 4.98 Å². The van der Waals surface area contributed by atoms with Crippen LogP contribution < -0.4 is 4.74 Å². The van der Waals surface area contributed by atoms with Gasteiger partial charge < -0.3 is 4.74 Å². The van der Waals surface area contributed by atoms with Crippen molar-refractivity contribution in [1.29, 1.82) is 0 Å². The zero-order chi connectivity index (χ0) is 11.7. The van der Waals surface area contributed by atoms with E-state index in [1.807, 2.05) is 32.0 Å². The number of fused-ring (bicyclic) bond motifs is 1. The van der Waals surface area contributed by atoms with E-state index in [1.54, 1.807) is 6.20 Å². The van der Waals surface area contributed by atoms with Crippen molar-refractivity contribution in [1.82, 2.24) is 4.98 Å². The summed E-state index contributed by atoms with van der Waals surface area (Å²) in [5, 5.41) is 2.69. The smallest absolute Gasteiger partial charge is 0.147 e. The maximum atomic E-state index is 6.15.